The van der Waals surface area contributed by atoms with Crippen molar-refractivity contribution in [3.05, 3.63) is 5.82 Å². The zero-order valence-corrected chi connectivity index (χ0v) is 5.55. The van der Waals surface area contributed by atoms with Crippen LogP contribution in [0.2, 0.25) is 0 Å². The van der Waals surface area contributed by atoms with Crippen molar-refractivity contribution >= 4 is 12.6 Å². The summed E-state index contributed by atoms with van der Waals surface area (Å²) in [7, 11) is 0. The second-order valence-corrected chi connectivity index (χ2v) is 1.92. The number of aromatic amines is 1. The Morgan fingerprint density at radius 1 is 1.78 bits per heavy atom. The van der Waals surface area contributed by atoms with Crippen LogP contribution in [0.15, 0.2) is 0 Å². The lowest BCUT2D eigenvalue weighted by atomic mass is 10.3. The highest BCUT2D eigenvalue weighted by Gasteiger charge is 2.06. The normalized spacial score (nSPS) is 13.6. The Bertz CT molecular complexity index is 161. The molecule has 0 saturated carbocycles. The quantitative estimate of drug-likeness (QED) is 0.472. The van der Waals surface area contributed by atoms with Crippen molar-refractivity contribution in [3.63, 3.8) is 0 Å². The first-order valence-electron chi connectivity index (χ1n) is 2.44. The van der Waals surface area contributed by atoms with Crippen molar-refractivity contribution in [3.8, 4) is 0 Å². The highest BCUT2D eigenvalue weighted by Crippen LogP contribution is 2.00. The van der Waals surface area contributed by atoms with E-state index in [4.69, 9.17) is 5.73 Å². The van der Waals surface area contributed by atoms with Crippen LogP contribution in [0.5, 0.6) is 0 Å². The van der Waals surface area contributed by atoms with E-state index >= 15 is 0 Å². The summed E-state index contributed by atoms with van der Waals surface area (Å²) in [6.07, 6.45) is 0. The van der Waals surface area contributed by atoms with Crippen LogP contribution in [-0.4, -0.2) is 26.4 Å². The van der Waals surface area contributed by atoms with E-state index in [2.05, 4.69) is 33.3 Å². The molecule has 0 saturated heterocycles. The van der Waals surface area contributed by atoms with Gasteiger partial charge in [0.05, 0.1) is 6.04 Å². The number of nitrogens with one attached hydrogen (secondary N) is 1. The summed E-state index contributed by atoms with van der Waals surface area (Å²) in [5.41, 5.74) is 5.48. The van der Waals surface area contributed by atoms with Gasteiger partial charge in [-0.25, -0.2) is 0 Å². The Morgan fingerprint density at radius 2 is 2.56 bits per heavy atom. The minimum Gasteiger partial charge on any atom is -0.321 e. The predicted octanol–water partition coefficient (Wildman–Crippen LogP) is -0.871. The molecule has 1 aromatic rings. The minimum absolute atomic E-state index is 0.216. The number of thiol groups is 1. The molecule has 0 fully saturated rings. The van der Waals surface area contributed by atoms with Crippen molar-refractivity contribution in [1.82, 2.24) is 20.6 Å². The number of nitrogens with zero attached hydrogens (tertiary/aromatic N) is 3. The van der Waals surface area contributed by atoms with Crippen molar-refractivity contribution in [2.75, 3.05) is 5.75 Å². The maximum atomic E-state index is 5.48. The molecule has 0 amide bonds. The molecule has 0 aliphatic heterocycles. The third-order valence-corrected chi connectivity index (χ3v) is 1.28. The lowest BCUT2D eigenvalue weighted by Gasteiger charge is -1.97. The van der Waals surface area contributed by atoms with Gasteiger partial charge >= 0.3 is 0 Å². The third-order valence-electron chi connectivity index (χ3n) is 0.890. The molecule has 1 aromatic heterocycles. The first kappa shape index (κ1) is 6.50. The Hall–Kier alpha value is -0.620. The maximum Gasteiger partial charge on any atom is 0.192 e. The van der Waals surface area contributed by atoms with Crippen LogP contribution in [0.25, 0.3) is 0 Å². The molecule has 0 spiro atoms. The zero-order valence-electron chi connectivity index (χ0n) is 4.65. The first-order valence-corrected chi connectivity index (χ1v) is 3.07. The summed E-state index contributed by atoms with van der Waals surface area (Å²) in [4.78, 5) is 0. The molecule has 1 rings (SSSR count). The molecule has 6 heteroatoms. The molecular weight excluding hydrogens is 138 g/mol. The Balaban J connectivity index is 2.65. The van der Waals surface area contributed by atoms with E-state index in [1.54, 1.807) is 0 Å². The number of tetrazole rings is 1. The van der Waals surface area contributed by atoms with E-state index in [0.717, 1.165) is 0 Å². The van der Waals surface area contributed by atoms with Gasteiger partial charge in [-0.3, -0.25) is 0 Å². The summed E-state index contributed by atoms with van der Waals surface area (Å²) < 4.78 is 0. The fraction of sp³-hybridized carbons (Fsp3) is 0.667. The molecule has 0 bridgehead atoms. The summed E-state index contributed by atoms with van der Waals surface area (Å²) in [6, 6.07) is -0.216. The van der Waals surface area contributed by atoms with E-state index in [0.29, 0.717) is 11.6 Å². The fourth-order valence-electron chi connectivity index (χ4n) is 0.408. The first-order chi connectivity index (χ1) is 4.34. The van der Waals surface area contributed by atoms with Crippen LogP contribution in [0.1, 0.15) is 11.9 Å². The average Bonchev–Trinajstić information content (AvgIpc) is 2.37. The molecule has 0 radical (unpaired) electrons. The molecule has 1 atom stereocenters. The summed E-state index contributed by atoms with van der Waals surface area (Å²) in [5.74, 6) is 1.03. The Morgan fingerprint density at radius 3 is 3.00 bits per heavy atom. The number of hydrogen-bond donors (Lipinski definition) is 3. The molecule has 9 heavy (non-hydrogen) atoms. The van der Waals surface area contributed by atoms with Crippen molar-refractivity contribution < 1.29 is 0 Å². The van der Waals surface area contributed by atoms with Gasteiger partial charge in [-0.2, -0.15) is 17.8 Å². The average molecular weight is 145 g/mol. The van der Waals surface area contributed by atoms with Crippen LogP contribution >= 0.6 is 12.6 Å². The van der Waals surface area contributed by atoms with Gasteiger partial charge in [-0.15, -0.1) is 10.2 Å². The topological polar surface area (TPSA) is 80.5 Å². The number of rotatable bonds is 2. The molecule has 1 unspecified atom stereocenters. The van der Waals surface area contributed by atoms with Crippen LogP contribution in [-0.2, 0) is 0 Å². The molecule has 3 N–H and O–H groups in total. The molecule has 50 valence electrons. The summed E-state index contributed by atoms with van der Waals surface area (Å²) in [6.45, 7) is 0. The lowest BCUT2D eigenvalue weighted by molar-refractivity contribution is 0.755. The van der Waals surface area contributed by atoms with Gasteiger partial charge in [0.1, 0.15) is 0 Å². The molecule has 0 aliphatic rings. The SMILES string of the molecule is NC(CS)c1nn[nH]n1. The fourth-order valence-corrected chi connectivity index (χ4v) is 0.572. The summed E-state index contributed by atoms with van der Waals surface area (Å²) in [5, 5.41) is 13.0. The molecule has 1 heterocycles. The third kappa shape index (κ3) is 1.39. The number of nitrogens with two attached hydrogens (primary N) is 1. The van der Waals surface area contributed by atoms with E-state index in [9.17, 15) is 0 Å². The van der Waals surface area contributed by atoms with Crippen LogP contribution in [0.3, 0.4) is 0 Å². The number of hydrogen-bond acceptors (Lipinski definition) is 5. The van der Waals surface area contributed by atoms with Gasteiger partial charge in [0.15, 0.2) is 5.82 Å². The molecule has 0 aliphatic carbocycles. The maximum absolute atomic E-state index is 5.48. The lowest BCUT2D eigenvalue weighted by Crippen LogP contribution is -2.13. The number of aromatic nitrogens is 4. The minimum atomic E-state index is -0.216. The van der Waals surface area contributed by atoms with Gasteiger partial charge in [0, 0.05) is 5.75 Å². The predicted molar refractivity (Wildman–Crippen MR) is 35.0 cm³/mol. The van der Waals surface area contributed by atoms with Crippen LogP contribution in [0.4, 0.5) is 0 Å². The smallest absolute Gasteiger partial charge is 0.192 e. The van der Waals surface area contributed by atoms with Crippen molar-refractivity contribution in [2.24, 2.45) is 5.73 Å². The monoisotopic (exact) mass is 145 g/mol. The second-order valence-electron chi connectivity index (χ2n) is 1.56. The Labute approximate surface area is 57.4 Å². The largest absolute Gasteiger partial charge is 0.321 e. The highest BCUT2D eigenvalue weighted by molar-refractivity contribution is 7.80. The van der Waals surface area contributed by atoms with E-state index in [-0.39, 0.29) is 6.04 Å². The summed E-state index contributed by atoms with van der Waals surface area (Å²) >= 11 is 3.96. The zero-order chi connectivity index (χ0) is 6.69. The van der Waals surface area contributed by atoms with E-state index in [1.165, 1.54) is 0 Å². The molecule has 0 aromatic carbocycles. The standard InChI is InChI=1S/C3H7N5S/c4-2(1-9)3-5-7-8-6-3/h2,9H,1,4H2,(H,5,6,7,8). The van der Waals surface area contributed by atoms with Gasteiger partial charge in [-0.1, -0.05) is 5.21 Å². The number of H-pyrrole nitrogens is 1. The highest BCUT2D eigenvalue weighted by atomic mass is 32.1. The molecule has 5 nitrogen and oxygen atoms in total. The van der Waals surface area contributed by atoms with Gasteiger partial charge in [0.25, 0.3) is 0 Å². The van der Waals surface area contributed by atoms with Gasteiger partial charge in [0.2, 0.25) is 0 Å². The van der Waals surface area contributed by atoms with Crippen molar-refractivity contribution in [2.45, 2.75) is 6.04 Å². The van der Waals surface area contributed by atoms with Crippen LogP contribution < -0.4 is 5.73 Å². The van der Waals surface area contributed by atoms with E-state index in [1.807, 2.05) is 0 Å². The van der Waals surface area contributed by atoms with Gasteiger partial charge in [-0.05, 0) is 0 Å². The Kier molecular flexibility index (Phi) is 2.01. The van der Waals surface area contributed by atoms with Crippen molar-refractivity contribution in [1.29, 1.82) is 0 Å². The molecular formula is C3H7N5S. The van der Waals surface area contributed by atoms with E-state index < -0.39 is 0 Å². The van der Waals surface area contributed by atoms with Crippen LogP contribution in [0, 0.1) is 0 Å². The second kappa shape index (κ2) is 2.79. The van der Waals surface area contributed by atoms with Gasteiger partial charge < -0.3 is 5.73 Å².